The van der Waals surface area contributed by atoms with Crippen LogP contribution in [0.25, 0.3) is 0 Å². The fourth-order valence-corrected chi connectivity index (χ4v) is 2.02. The molecule has 0 atom stereocenters. The Hall–Kier alpha value is -2.82. The van der Waals surface area contributed by atoms with Crippen molar-refractivity contribution >= 4 is 12.1 Å². The average Bonchev–Trinajstić information content (AvgIpc) is 2.57. The number of carbonyl (C=O) groups excluding carboxylic acids is 1. The molecule has 1 amide bonds. The molecule has 0 saturated heterocycles. The number of benzene rings is 2. The maximum absolute atomic E-state index is 11.9. The molecule has 5 heteroatoms. The van der Waals surface area contributed by atoms with Gasteiger partial charge in [-0.05, 0) is 36.8 Å². The second kappa shape index (κ2) is 8.58. The molecule has 1 N–H and O–H groups in total. The van der Waals surface area contributed by atoms with Gasteiger partial charge in [0.2, 0.25) is 5.91 Å². The third kappa shape index (κ3) is 5.14. The summed E-state index contributed by atoms with van der Waals surface area (Å²) >= 11 is 0. The largest absolute Gasteiger partial charge is 0.497 e. The van der Waals surface area contributed by atoms with Crippen LogP contribution in [0.4, 0.5) is 0 Å². The van der Waals surface area contributed by atoms with Crippen LogP contribution in [0.3, 0.4) is 0 Å². The van der Waals surface area contributed by atoms with Crippen molar-refractivity contribution in [2.75, 3.05) is 13.7 Å². The van der Waals surface area contributed by atoms with Gasteiger partial charge >= 0.3 is 0 Å². The number of ether oxygens (including phenoxy) is 2. The quantitative estimate of drug-likeness (QED) is 0.632. The van der Waals surface area contributed by atoms with E-state index < -0.39 is 0 Å². The van der Waals surface area contributed by atoms with Gasteiger partial charge in [-0.15, -0.1) is 0 Å². The normalized spacial score (nSPS) is 10.5. The predicted octanol–water partition coefficient (Wildman–Crippen LogP) is 2.79. The lowest BCUT2D eigenvalue weighted by Crippen LogP contribution is -2.19. The van der Waals surface area contributed by atoms with Crippen LogP contribution in [0, 0.1) is 0 Å². The molecule has 0 radical (unpaired) electrons. The van der Waals surface area contributed by atoms with Crippen LogP contribution in [0.1, 0.15) is 18.1 Å². The zero-order valence-corrected chi connectivity index (χ0v) is 13.3. The van der Waals surface area contributed by atoms with Gasteiger partial charge in [0.15, 0.2) is 0 Å². The van der Waals surface area contributed by atoms with E-state index in [4.69, 9.17) is 9.47 Å². The van der Waals surface area contributed by atoms with Gasteiger partial charge in [-0.1, -0.05) is 24.3 Å². The first-order valence-electron chi connectivity index (χ1n) is 7.39. The molecule has 120 valence electrons. The number of carbonyl (C=O) groups is 1. The van der Waals surface area contributed by atoms with Crippen LogP contribution in [0.2, 0.25) is 0 Å². The molecule has 0 unspecified atom stereocenters. The average molecular weight is 312 g/mol. The standard InChI is InChI=1S/C18H20N2O3/c1-3-23-17-7-5-4-6-15(17)13-19-20-18(21)12-14-8-10-16(22-2)11-9-14/h4-11,13H,3,12H2,1-2H3,(H,20,21). The third-order valence-corrected chi connectivity index (χ3v) is 3.14. The minimum atomic E-state index is -0.180. The van der Waals surface area contributed by atoms with Crippen LogP contribution < -0.4 is 14.9 Å². The number of hydrazone groups is 1. The molecule has 0 aliphatic carbocycles. The number of rotatable bonds is 7. The highest BCUT2D eigenvalue weighted by molar-refractivity contribution is 5.85. The van der Waals surface area contributed by atoms with E-state index in [2.05, 4.69) is 10.5 Å². The summed E-state index contributed by atoms with van der Waals surface area (Å²) in [7, 11) is 1.61. The summed E-state index contributed by atoms with van der Waals surface area (Å²) < 4.78 is 10.6. The highest BCUT2D eigenvalue weighted by Crippen LogP contribution is 2.15. The molecular weight excluding hydrogens is 292 g/mol. The van der Waals surface area contributed by atoms with E-state index in [1.165, 1.54) is 0 Å². The minimum Gasteiger partial charge on any atom is -0.497 e. The van der Waals surface area contributed by atoms with Crippen LogP contribution in [0.15, 0.2) is 53.6 Å². The Morgan fingerprint density at radius 1 is 1.17 bits per heavy atom. The van der Waals surface area contributed by atoms with E-state index in [0.29, 0.717) is 6.61 Å². The molecule has 0 aliphatic heterocycles. The van der Waals surface area contributed by atoms with Crippen molar-refractivity contribution in [1.82, 2.24) is 5.43 Å². The Balaban J connectivity index is 1.90. The lowest BCUT2D eigenvalue weighted by Gasteiger charge is -2.06. The summed E-state index contributed by atoms with van der Waals surface area (Å²) in [6.07, 6.45) is 1.84. The smallest absolute Gasteiger partial charge is 0.244 e. The van der Waals surface area contributed by atoms with Gasteiger partial charge in [0.25, 0.3) is 0 Å². The number of nitrogens with zero attached hydrogens (tertiary/aromatic N) is 1. The molecule has 0 aromatic heterocycles. The van der Waals surface area contributed by atoms with Crippen LogP contribution in [-0.4, -0.2) is 25.8 Å². The molecule has 5 nitrogen and oxygen atoms in total. The molecular formula is C18H20N2O3. The first kappa shape index (κ1) is 16.5. The molecule has 0 fully saturated rings. The SMILES string of the molecule is CCOc1ccccc1C=NNC(=O)Cc1ccc(OC)cc1. The molecule has 0 aliphatic rings. The Kier molecular flexibility index (Phi) is 6.17. The Morgan fingerprint density at radius 3 is 2.61 bits per heavy atom. The molecule has 2 aromatic rings. The molecule has 0 spiro atoms. The van der Waals surface area contributed by atoms with Crippen molar-refractivity contribution in [3.8, 4) is 11.5 Å². The lowest BCUT2D eigenvalue weighted by molar-refractivity contribution is -0.120. The van der Waals surface area contributed by atoms with E-state index in [0.717, 1.165) is 22.6 Å². The third-order valence-electron chi connectivity index (χ3n) is 3.14. The second-order valence-electron chi connectivity index (χ2n) is 4.79. The van der Waals surface area contributed by atoms with Gasteiger partial charge in [0.05, 0.1) is 26.4 Å². The van der Waals surface area contributed by atoms with E-state index in [-0.39, 0.29) is 12.3 Å². The molecule has 0 bridgehead atoms. The number of amides is 1. The molecule has 0 heterocycles. The highest BCUT2D eigenvalue weighted by Gasteiger charge is 2.03. The first-order chi connectivity index (χ1) is 11.2. The van der Waals surface area contributed by atoms with Gasteiger partial charge in [0, 0.05) is 5.56 Å². The van der Waals surface area contributed by atoms with Crippen molar-refractivity contribution in [2.24, 2.45) is 5.10 Å². The fraction of sp³-hybridized carbons (Fsp3) is 0.222. The van der Waals surface area contributed by atoms with Gasteiger partial charge in [-0.3, -0.25) is 4.79 Å². The minimum absolute atomic E-state index is 0.180. The van der Waals surface area contributed by atoms with Crippen LogP contribution in [0.5, 0.6) is 11.5 Å². The van der Waals surface area contributed by atoms with Crippen LogP contribution in [-0.2, 0) is 11.2 Å². The Bertz CT molecular complexity index is 666. The van der Waals surface area contributed by atoms with Crippen molar-refractivity contribution < 1.29 is 14.3 Å². The number of hydrogen-bond acceptors (Lipinski definition) is 4. The predicted molar refractivity (Wildman–Crippen MR) is 90.0 cm³/mol. The van der Waals surface area contributed by atoms with E-state index in [1.807, 2.05) is 55.5 Å². The number of methoxy groups -OCH3 is 1. The topological polar surface area (TPSA) is 59.9 Å². The van der Waals surface area contributed by atoms with Crippen molar-refractivity contribution in [2.45, 2.75) is 13.3 Å². The molecule has 2 rings (SSSR count). The molecule has 2 aromatic carbocycles. The monoisotopic (exact) mass is 312 g/mol. The van der Waals surface area contributed by atoms with Crippen LogP contribution >= 0.6 is 0 Å². The maximum atomic E-state index is 11.9. The summed E-state index contributed by atoms with van der Waals surface area (Å²) in [6, 6.07) is 14.9. The first-order valence-corrected chi connectivity index (χ1v) is 7.39. The number of hydrogen-bond donors (Lipinski definition) is 1. The van der Waals surface area contributed by atoms with Crippen molar-refractivity contribution in [3.05, 3.63) is 59.7 Å². The molecule has 0 saturated carbocycles. The van der Waals surface area contributed by atoms with E-state index >= 15 is 0 Å². The zero-order valence-electron chi connectivity index (χ0n) is 13.3. The van der Waals surface area contributed by atoms with E-state index in [1.54, 1.807) is 13.3 Å². The van der Waals surface area contributed by atoms with Crippen molar-refractivity contribution in [3.63, 3.8) is 0 Å². The fourth-order valence-electron chi connectivity index (χ4n) is 2.02. The maximum Gasteiger partial charge on any atom is 0.244 e. The highest BCUT2D eigenvalue weighted by atomic mass is 16.5. The van der Waals surface area contributed by atoms with Crippen molar-refractivity contribution in [1.29, 1.82) is 0 Å². The lowest BCUT2D eigenvalue weighted by atomic mass is 10.1. The summed E-state index contributed by atoms with van der Waals surface area (Å²) in [4.78, 5) is 11.9. The van der Waals surface area contributed by atoms with Gasteiger partial charge in [-0.25, -0.2) is 5.43 Å². The molecule has 23 heavy (non-hydrogen) atoms. The van der Waals surface area contributed by atoms with Gasteiger partial charge in [0.1, 0.15) is 11.5 Å². The summed E-state index contributed by atoms with van der Waals surface area (Å²) in [6.45, 7) is 2.50. The van der Waals surface area contributed by atoms with E-state index in [9.17, 15) is 4.79 Å². The Labute approximate surface area is 135 Å². The summed E-state index contributed by atoms with van der Waals surface area (Å²) in [5, 5.41) is 3.99. The number of nitrogens with one attached hydrogen (secondary N) is 1. The van der Waals surface area contributed by atoms with Gasteiger partial charge < -0.3 is 9.47 Å². The zero-order chi connectivity index (χ0) is 16.5. The Morgan fingerprint density at radius 2 is 1.91 bits per heavy atom. The summed E-state index contributed by atoms with van der Waals surface area (Å²) in [5.74, 6) is 1.32. The summed E-state index contributed by atoms with van der Waals surface area (Å²) in [5.41, 5.74) is 4.24. The van der Waals surface area contributed by atoms with Gasteiger partial charge in [-0.2, -0.15) is 5.10 Å². The number of para-hydroxylation sites is 1. The second-order valence-corrected chi connectivity index (χ2v) is 4.79.